The van der Waals surface area contributed by atoms with Crippen LogP contribution in [0.25, 0.3) is 0 Å². The smallest absolute Gasteiger partial charge is 0.380 e. The van der Waals surface area contributed by atoms with E-state index in [1.54, 1.807) is 13.2 Å². The fourth-order valence-electron chi connectivity index (χ4n) is 3.01. The summed E-state index contributed by atoms with van der Waals surface area (Å²) in [5, 5.41) is 3.88. The highest BCUT2D eigenvalue weighted by Gasteiger charge is 2.30. The van der Waals surface area contributed by atoms with Crippen molar-refractivity contribution in [2.75, 3.05) is 20.2 Å². The van der Waals surface area contributed by atoms with Crippen LogP contribution >= 0.6 is 0 Å². The molecular formula is C17H20F3N3O2. The van der Waals surface area contributed by atoms with Crippen molar-refractivity contribution in [2.45, 2.75) is 38.1 Å². The van der Waals surface area contributed by atoms with Gasteiger partial charge >= 0.3 is 6.18 Å². The zero-order chi connectivity index (χ0) is 17.9. The first kappa shape index (κ1) is 17.9. The number of piperidine rings is 1. The summed E-state index contributed by atoms with van der Waals surface area (Å²) in [4.78, 5) is 6.48. The molecule has 0 amide bonds. The molecule has 8 heteroatoms. The summed E-state index contributed by atoms with van der Waals surface area (Å²) in [5.74, 6) is 0.855. The SMILES string of the molecule is COC1CCCN(Cc2nc(Cc3cccc(C(F)(F)F)c3)no2)C1. The number of aromatic nitrogens is 2. The molecule has 0 aliphatic carbocycles. The number of likely N-dealkylation sites (tertiary alicyclic amines) is 1. The van der Waals surface area contributed by atoms with Gasteiger partial charge in [-0.2, -0.15) is 18.2 Å². The molecule has 5 nitrogen and oxygen atoms in total. The molecule has 3 rings (SSSR count). The molecule has 0 radical (unpaired) electrons. The van der Waals surface area contributed by atoms with Crippen molar-refractivity contribution in [1.29, 1.82) is 0 Å². The molecule has 1 aromatic carbocycles. The largest absolute Gasteiger partial charge is 0.416 e. The minimum Gasteiger partial charge on any atom is -0.380 e. The third kappa shape index (κ3) is 4.79. The average molecular weight is 355 g/mol. The predicted octanol–water partition coefficient (Wildman–Crippen LogP) is 3.29. The highest BCUT2D eigenvalue weighted by molar-refractivity contribution is 5.27. The van der Waals surface area contributed by atoms with Crippen LogP contribution in [0.15, 0.2) is 28.8 Å². The van der Waals surface area contributed by atoms with Crippen molar-refractivity contribution in [1.82, 2.24) is 15.0 Å². The van der Waals surface area contributed by atoms with E-state index in [0.29, 0.717) is 23.8 Å². The molecule has 1 aliphatic rings. The summed E-state index contributed by atoms with van der Waals surface area (Å²) in [6, 6.07) is 5.18. The maximum atomic E-state index is 12.8. The lowest BCUT2D eigenvalue weighted by Gasteiger charge is -2.30. The Hall–Kier alpha value is -1.93. The van der Waals surface area contributed by atoms with E-state index in [1.807, 2.05) is 0 Å². The lowest BCUT2D eigenvalue weighted by atomic mass is 10.1. The molecule has 1 unspecified atom stereocenters. The zero-order valence-electron chi connectivity index (χ0n) is 13.9. The first-order valence-electron chi connectivity index (χ1n) is 8.17. The molecule has 0 saturated carbocycles. The Bertz CT molecular complexity index is 702. The fourth-order valence-corrected chi connectivity index (χ4v) is 3.01. The van der Waals surface area contributed by atoms with Crippen LogP contribution in [-0.4, -0.2) is 41.3 Å². The van der Waals surface area contributed by atoms with Crippen molar-refractivity contribution in [3.8, 4) is 0 Å². The second-order valence-corrected chi connectivity index (χ2v) is 6.21. The summed E-state index contributed by atoms with van der Waals surface area (Å²) < 4.78 is 48.9. The molecule has 25 heavy (non-hydrogen) atoms. The molecule has 2 aromatic rings. The molecule has 0 N–H and O–H groups in total. The first-order chi connectivity index (χ1) is 11.9. The van der Waals surface area contributed by atoms with Crippen molar-refractivity contribution < 1.29 is 22.4 Å². The first-order valence-corrected chi connectivity index (χ1v) is 8.17. The van der Waals surface area contributed by atoms with E-state index in [-0.39, 0.29) is 12.5 Å². The number of benzene rings is 1. The van der Waals surface area contributed by atoms with E-state index in [0.717, 1.165) is 38.1 Å². The van der Waals surface area contributed by atoms with E-state index in [1.165, 1.54) is 6.07 Å². The average Bonchev–Trinajstić information content (AvgIpc) is 3.01. The highest BCUT2D eigenvalue weighted by atomic mass is 19.4. The number of methoxy groups -OCH3 is 1. The van der Waals surface area contributed by atoms with Crippen LogP contribution in [0.2, 0.25) is 0 Å². The number of rotatable bonds is 5. The van der Waals surface area contributed by atoms with Gasteiger partial charge in [0.2, 0.25) is 5.89 Å². The molecule has 0 bridgehead atoms. The van der Waals surface area contributed by atoms with Crippen molar-refractivity contribution >= 4 is 0 Å². The normalized spacial score (nSPS) is 19.3. The monoisotopic (exact) mass is 355 g/mol. The Morgan fingerprint density at radius 2 is 2.20 bits per heavy atom. The topological polar surface area (TPSA) is 51.4 Å². The van der Waals surface area contributed by atoms with Gasteiger partial charge in [-0.25, -0.2) is 0 Å². The van der Waals surface area contributed by atoms with Crippen molar-refractivity contribution in [3.05, 3.63) is 47.1 Å². The number of alkyl halides is 3. The maximum absolute atomic E-state index is 12.8. The maximum Gasteiger partial charge on any atom is 0.416 e. The third-order valence-electron chi connectivity index (χ3n) is 4.28. The Morgan fingerprint density at radius 3 is 2.96 bits per heavy atom. The van der Waals surface area contributed by atoms with Crippen LogP contribution < -0.4 is 0 Å². The summed E-state index contributed by atoms with van der Waals surface area (Å²) in [6.07, 6.45) is -1.86. The van der Waals surface area contributed by atoms with E-state index in [4.69, 9.17) is 9.26 Å². The highest BCUT2D eigenvalue weighted by Crippen LogP contribution is 2.29. The van der Waals surface area contributed by atoms with E-state index < -0.39 is 11.7 Å². The number of hydrogen-bond acceptors (Lipinski definition) is 5. The summed E-state index contributed by atoms with van der Waals surface area (Å²) in [6.45, 7) is 2.27. The van der Waals surface area contributed by atoms with Gasteiger partial charge in [-0.05, 0) is 31.0 Å². The number of halogens is 3. The van der Waals surface area contributed by atoms with Crippen LogP contribution in [0.3, 0.4) is 0 Å². The zero-order valence-corrected chi connectivity index (χ0v) is 13.9. The van der Waals surface area contributed by atoms with Gasteiger partial charge in [0.1, 0.15) is 0 Å². The number of hydrogen-bond donors (Lipinski definition) is 0. The molecule has 136 valence electrons. The summed E-state index contributed by atoms with van der Waals surface area (Å²) >= 11 is 0. The van der Waals surface area contributed by atoms with Gasteiger partial charge in [-0.15, -0.1) is 0 Å². The predicted molar refractivity (Wildman–Crippen MR) is 83.9 cm³/mol. The Morgan fingerprint density at radius 1 is 1.36 bits per heavy atom. The molecule has 1 aliphatic heterocycles. The summed E-state index contributed by atoms with van der Waals surface area (Å²) in [7, 11) is 1.70. The van der Waals surface area contributed by atoms with Gasteiger partial charge in [-0.1, -0.05) is 23.4 Å². The van der Waals surface area contributed by atoms with Gasteiger partial charge in [0.05, 0.1) is 18.2 Å². The molecule has 2 heterocycles. The van der Waals surface area contributed by atoms with Crippen molar-refractivity contribution in [2.24, 2.45) is 0 Å². The molecule has 1 aromatic heterocycles. The van der Waals surface area contributed by atoms with E-state index >= 15 is 0 Å². The van der Waals surface area contributed by atoms with Crippen LogP contribution in [0.5, 0.6) is 0 Å². The number of nitrogens with zero attached hydrogens (tertiary/aromatic N) is 3. The molecule has 1 fully saturated rings. The van der Waals surface area contributed by atoms with E-state index in [9.17, 15) is 13.2 Å². The second-order valence-electron chi connectivity index (χ2n) is 6.21. The minimum absolute atomic E-state index is 0.202. The standard InChI is InChI=1S/C17H20F3N3O2/c1-24-14-6-3-7-23(10-14)11-16-21-15(22-25-16)9-12-4-2-5-13(8-12)17(18,19)20/h2,4-5,8,14H,3,6-7,9-11H2,1H3. The summed E-state index contributed by atoms with van der Waals surface area (Å²) in [5.41, 5.74) is -0.174. The lowest BCUT2D eigenvalue weighted by Crippen LogP contribution is -2.38. The van der Waals surface area contributed by atoms with Crippen LogP contribution in [0.4, 0.5) is 13.2 Å². The minimum atomic E-state index is -4.36. The van der Waals surface area contributed by atoms with E-state index in [2.05, 4.69) is 15.0 Å². The number of ether oxygens (including phenoxy) is 1. The van der Waals surface area contributed by atoms with Crippen LogP contribution in [0.1, 0.15) is 35.7 Å². The van der Waals surface area contributed by atoms with Gasteiger partial charge in [0.15, 0.2) is 5.82 Å². The van der Waals surface area contributed by atoms with Gasteiger partial charge in [0, 0.05) is 20.1 Å². The van der Waals surface area contributed by atoms with Gasteiger partial charge in [-0.3, -0.25) is 4.90 Å². The molecule has 0 spiro atoms. The Kier molecular flexibility index (Phi) is 5.39. The lowest BCUT2D eigenvalue weighted by molar-refractivity contribution is -0.137. The molecule has 1 saturated heterocycles. The Labute approximate surface area is 143 Å². The Balaban J connectivity index is 1.62. The third-order valence-corrected chi connectivity index (χ3v) is 4.28. The van der Waals surface area contributed by atoms with Gasteiger partial charge in [0.25, 0.3) is 0 Å². The molecule has 1 atom stereocenters. The van der Waals surface area contributed by atoms with Gasteiger partial charge < -0.3 is 9.26 Å². The molecular weight excluding hydrogens is 335 g/mol. The van der Waals surface area contributed by atoms with Crippen LogP contribution in [0, 0.1) is 0 Å². The van der Waals surface area contributed by atoms with Crippen molar-refractivity contribution in [3.63, 3.8) is 0 Å². The quantitative estimate of drug-likeness (QED) is 0.824. The fraction of sp³-hybridized carbons (Fsp3) is 0.529. The van der Waals surface area contributed by atoms with Crippen LogP contribution in [-0.2, 0) is 23.9 Å². The second kappa shape index (κ2) is 7.53.